The molecule has 1 aliphatic heterocycles. The van der Waals surface area contributed by atoms with Crippen LogP contribution in [0.4, 0.5) is 10.5 Å². The zero-order valence-corrected chi connectivity index (χ0v) is 17.0. The Bertz CT molecular complexity index is 857. The molecule has 7 nitrogen and oxygen atoms in total. The lowest BCUT2D eigenvalue weighted by Crippen LogP contribution is -2.50. The Morgan fingerprint density at radius 3 is 2.40 bits per heavy atom. The highest BCUT2D eigenvalue weighted by Gasteiger charge is 2.31. The van der Waals surface area contributed by atoms with E-state index in [9.17, 15) is 14.4 Å². The summed E-state index contributed by atoms with van der Waals surface area (Å²) in [6.45, 7) is 0.899. The van der Waals surface area contributed by atoms with Crippen molar-refractivity contribution in [3.8, 4) is 0 Å². The van der Waals surface area contributed by atoms with Crippen molar-refractivity contribution in [1.29, 1.82) is 0 Å². The molecule has 1 heterocycles. The largest absolute Gasteiger partial charge is 0.467 e. The summed E-state index contributed by atoms with van der Waals surface area (Å²) in [5.41, 5.74) is 1.64. The molecule has 1 aliphatic rings. The van der Waals surface area contributed by atoms with Crippen LogP contribution in [0.3, 0.4) is 0 Å². The minimum Gasteiger partial charge on any atom is -0.467 e. The van der Waals surface area contributed by atoms with Gasteiger partial charge in [0.1, 0.15) is 6.04 Å². The first kappa shape index (κ1) is 21.4. The molecule has 1 saturated heterocycles. The van der Waals surface area contributed by atoms with Gasteiger partial charge in [-0.2, -0.15) is 0 Å². The number of benzene rings is 2. The maximum atomic E-state index is 12.9. The lowest BCUT2D eigenvalue weighted by atomic mass is 9.96. The molecule has 0 spiro atoms. The number of anilines is 1. The summed E-state index contributed by atoms with van der Waals surface area (Å²) in [6, 6.07) is 17.7. The number of methoxy groups -OCH3 is 1. The van der Waals surface area contributed by atoms with Gasteiger partial charge >= 0.3 is 12.0 Å². The Kier molecular flexibility index (Phi) is 7.43. The van der Waals surface area contributed by atoms with Crippen LogP contribution in [-0.4, -0.2) is 49.0 Å². The smallest absolute Gasteiger partial charge is 0.328 e. The third-order valence-electron chi connectivity index (χ3n) is 5.19. The van der Waals surface area contributed by atoms with Crippen LogP contribution in [0.1, 0.15) is 18.4 Å². The van der Waals surface area contributed by atoms with Gasteiger partial charge in [-0.3, -0.25) is 4.79 Å². The molecule has 0 bridgehead atoms. The number of carbonyl (C=O) groups is 3. The molecule has 30 heavy (non-hydrogen) atoms. The number of urea groups is 1. The number of hydrogen-bond donors (Lipinski definition) is 2. The summed E-state index contributed by atoms with van der Waals surface area (Å²) in [5, 5.41) is 5.68. The van der Waals surface area contributed by atoms with Gasteiger partial charge < -0.3 is 20.3 Å². The Morgan fingerprint density at radius 1 is 1.07 bits per heavy atom. The number of likely N-dealkylation sites (tertiary alicyclic amines) is 1. The maximum Gasteiger partial charge on any atom is 0.328 e. The summed E-state index contributed by atoms with van der Waals surface area (Å²) >= 11 is 0. The summed E-state index contributed by atoms with van der Waals surface area (Å²) in [4.78, 5) is 39.3. The molecule has 2 aromatic carbocycles. The van der Waals surface area contributed by atoms with E-state index in [1.807, 2.05) is 60.7 Å². The van der Waals surface area contributed by atoms with Crippen molar-refractivity contribution < 1.29 is 19.1 Å². The van der Waals surface area contributed by atoms with E-state index in [1.54, 1.807) is 4.90 Å². The third-order valence-corrected chi connectivity index (χ3v) is 5.19. The highest BCUT2D eigenvalue weighted by atomic mass is 16.5. The van der Waals surface area contributed by atoms with Crippen molar-refractivity contribution in [1.82, 2.24) is 10.2 Å². The topological polar surface area (TPSA) is 87.7 Å². The average Bonchev–Trinajstić information content (AvgIpc) is 2.79. The molecule has 0 unspecified atom stereocenters. The lowest BCUT2D eigenvalue weighted by Gasteiger charge is -2.32. The molecule has 158 valence electrons. The molecule has 0 saturated carbocycles. The standard InChI is InChI=1S/C23H27N3O4/c1-30-22(28)20(15-17-9-4-2-5-10-17)25-21(27)18-11-8-14-26(16-18)23(29)24-19-12-6-3-7-13-19/h2-7,9-10,12-13,18,20H,8,11,14-16H2,1H3,(H,24,29)(H,25,27)/t18-,20-/m1/s1. The van der Waals surface area contributed by atoms with E-state index in [0.29, 0.717) is 31.6 Å². The molecule has 2 aromatic rings. The number of piperidine rings is 1. The number of rotatable bonds is 6. The Hall–Kier alpha value is -3.35. The van der Waals surface area contributed by atoms with Crippen LogP contribution in [0.2, 0.25) is 0 Å². The summed E-state index contributed by atoms with van der Waals surface area (Å²) in [5.74, 6) is -1.09. The quantitative estimate of drug-likeness (QED) is 0.718. The fraction of sp³-hybridized carbons (Fsp3) is 0.348. The fourth-order valence-electron chi connectivity index (χ4n) is 3.57. The van der Waals surface area contributed by atoms with Crippen molar-refractivity contribution in [3.05, 3.63) is 66.2 Å². The molecule has 0 aliphatic carbocycles. The van der Waals surface area contributed by atoms with E-state index in [4.69, 9.17) is 4.74 Å². The first-order valence-electron chi connectivity index (χ1n) is 10.1. The summed E-state index contributed by atoms with van der Waals surface area (Å²) in [7, 11) is 1.31. The van der Waals surface area contributed by atoms with E-state index in [0.717, 1.165) is 12.0 Å². The SMILES string of the molecule is COC(=O)[C@@H](Cc1ccccc1)NC(=O)[C@@H]1CCCN(C(=O)Nc2ccccc2)C1. The van der Waals surface area contributed by atoms with Crippen molar-refractivity contribution in [3.63, 3.8) is 0 Å². The first-order valence-corrected chi connectivity index (χ1v) is 10.1. The van der Waals surface area contributed by atoms with Gasteiger partial charge in [0.15, 0.2) is 0 Å². The van der Waals surface area contributed by atoms with Gasteiger partial charge in [0.05, 0.1) is 13.0 Å². The zero-order valence-electron chi connectivity index (χ0n) is 17.0. The van der Waals surface area contributed by atoms with Crippen LogP contribution in [0.15, 0.2) is 60.7 Å². The number of esters is 1. The first-order chi connectivity index (χ1) is 14.6. The molecule has 7 heteroatoms. The molecule has 1 fully saturated rings. The van der Waals surface area contributed by atoms with Gasteiger partial charge in [-0.25, -0.2) is 9.59 Å². The number of nitrogens with zero attached hydrogens (tertiary/aromatic N) is 1. The third kappa shape index (κ3) is 5.83. The molecule has 2 atom stereocenters. The van der Waals surface area contributed by atoms with E-state index >= 15 is 0 Å². The van der Waals surface area contributed by atoms with Crippen molar-refractivity contribution in [2.24, 2.45) is 5.92 Å². The van der Waals surface area contributed by atoms with Gasteiger partial charge in [-0.15, -0.1) is 0 Å². The highest BCUT2D eigenvalue weighted by molar-refractivity contribution is 5.90. The lowest BCUT2D eigenvalue weighted by molar-refractivity contribution is -0.145. The van der Waals surface area contributed by atoms with Gasteiger partial charge in [0, 0.05) is 25.2 Å². The second-order valence-corrected chi connectivity index (χ2v) is 7.36. The molecular weight excluding hydrogens is 382 g/mol. The number of hydrogen-bond acceptors (Lipinski definition) is 4. The minimum absolute atomic E-state index is 0.229. The number of amides is 3. The number of carbonyl (C=O) groups excluding carboxylic acids is 3. The maximum absolute atomic E-state index is 12.9. The Labute approximate surface area is 176 Å². The van der Waals surface area contributed by atoms with Gasteiger partial charge in [-0.05, 0) is 30.5 Å². The van der Waals surface area contributed by atoms with Gasteiger partial charge in [0.2, 0.25) is 5.91 Å². The van der Waals surface area contributed by atoms with E-state index in [1.165, 1.54) is 7.11 Å². The van der Waals surface area contributed by atoms with E-state index < -0.39 is 12.0 Å². The number of nitrogens with one attached hydrogen (secondary N) is 2. The van der Waals surface area contributed by atoms with Crippen LogP contribution in [0.5, 0.6) is 0 Å². The Balaban J connectivity index is 1.60. The van der Waals surface area contributed by atoms with E-state index in [2.05, 4.69) is 10.6 Å². The molecule has 2 N–H and O–H groups in total. The van der Waals surface area contributed by atoms with E-state index in [-0.39, 0.29) is 17.9 Å². The zero-order chi connectivity index (χ0) is 21.3. The monoisotopic (exact) mass is 409 g/mol. The van der Waals surface area contributed by atoms with Crippen LogP contribution >= 0.6 is 0 Å². The van der Waals surface area contributed by atoms with Crippen LogP contribution in [-0.2, 0) is 20.7 Å². The molecule has 0 aromatic heterocycles. The molecule has 3 amide bonds. The molecular formula is C23H27N3O4. The van der Waals surface area contributed by atoms with Crippen molar-refractivity contribution in [2.45, 2.75) is 25.3 Å². The second kappa shape index (κ2) is 10.4. The average molecular weight is 409 g/mol. The minimum atomic E-state index is -0.765. The van der Waals surface area contributed by atoms with Gasteiger partial charge in [0.25, 0.3) is 0 Å². The summed E-state index contributed by atoms with van der Waals surface area (Å²) in [6.07, 6.45) is 1.74. The van der Waals surface area contributed by atoms with Crippen LogP contribution < -0.4 is 10.6 Å². The highest BCUT2D eigenvalue weighted by Crippen LogP contribution is 2.19. The fourth-order valence-corrected chi connectivity index (χ4v) is 3.57. The second-order valence-electron chi connectivity index (χ2n) is 7.36. The normalized spacial score (nSPS) is 17.0. The predicted octanol–water partition coefficient (Wildman–Crippen LogP) is 2.83. The Morgan fingerprint density at radius 2 is 1.73 bits per heavy atom. The van der Waals surface area contributed by atoms with Crippen molar-refractivity contribution >= 4 is 23.6 Å². The van der Waals surface area contributed by atoms with Gasteiger partial charge in [-0.1, -0.05) is 48.5 Å². The molecule has 3 rings (SSSR count). The summed E-state index contributed by atoms with van der Waals surface area (Å²) < 4.78 is 4.87. The molecule has 0 radical (unpaired) electrons. The predicted molar refractivity (Wildman–Crippen MR) is 114 cm³/mol. The number of ether oxygens (including phenoxy) is 1. The van der Waals surface area contributed by atoms with Crippen molar-refractivity contribution in [2.75, 3.05) is 25.5 Å². The van der Waals surface area contributed by atoms with Crippen LogP contribution in [0, 0.1) is 5.92 Å². The van der Waals surface area contributed by atoms with Crippen LogP contribution in [0.25, 0.3) is 0 Å². The number of para-hydroxylation sites is 1.